The van der Waals surface area contributed by atoms with E-state index in [4.69, 9.17) is 5.73 Å². The van der Waals surface area contributed by atoms with Gasteiger partial charge in [-0.25, -0.2) is 4.98 Å². The normalized spacial score (nSPS) is 12.6. The van der Waals surface area contributed by atoms with E-state index in [1.54, 1.807) is 29.8 Å². The summed E-state index contributed by atoms with van der Waals surface area (Å²) in [4.78, 5) is 18.0. The van der Waals surface area contributed by atoms with Crippen LogP contribution in [0.25, 0.3) is 28.2 Å². The van der Waals surface area contributed by atoms with Crippen molar-refractivity contribution in [3.05, 3.63) is 95.8 Å². The van der Waals surface area contributed by atoms with Crippen LogP contribution < -0.4 is 11.1 Å². The molecule has 3 aromatic heterocycles. The highest BCUT2D eigenvalue weighted by molar-refractivity contribution is 6.06. The van der Waals surface area contributed by atoms with Gasteiger partial charge in [0.25, 0.3) is 5.91 Å². The van der Waals surface area contributed by atoms with Crippen molar-refractivity contribution in [2.75, 3.05) is 5.32 Å². The van der Waals surface area contributed by atoms with E-state index in [1.807, 2.05) is 30.3 Å². The number of rotatable bonds is 5. The van der Waals surface area contributed by atoms with Gasteiger partial charge in [0.2, 0.25) is 0 Å². The van der Waals surface area contributed by atoms with Crippen molar-refractivity contribution in [1.82, 2.24) is 19.2 Å². The first-order valence-corrected chi connectivity index (χ1v) is 11.2. The summed E-state index contributed by atoms with van der Waals surface area (Å²) in [5.74, 6) is -0.323. The minimum Gasteiger partial charge on any atom is -0.375 e. The van der Waals surface area contributed by atoms with Gasteiger partial charge in [-0.2, -0.15) is 18.3 Å². The predicted molar refractivity (Wildman–Crippen MR) is 131 cm³/mol. The quantitative estimate of drug-likeness (QED) is 0.301. The third kappa shape index (κ3) is 4.69. The van der Waals surface area contributed by atoms with Crippen LogP contribution in [0.5, 0.6) is 0 Å². The molecule has 0 spiro atoms. The van der Waals surface area contributed by atoms with Gasteiger partial charge in [-0.15, -0.1) is 0 Å². The lowest BCUT2D eigenvalue weighted by molar-refractivity contribution is -0.137. The summed E-state index contributed by atoms with van der Waals surface area (Å²) in [5.41, 5.74) is 6.58. The van der Waals surface area contributed by atoms with E-state index >= 15 is 0 Å². The third-order valence-electron chi connectivity index (χ3n) is 5.85. The number of nitrogens with two attached hydrogens (primary N) is 1. The van der Waals surface area contributed by atoms with Gasteiger partial charge in [0, 0.05) is 41.7 Å². The summed E-state index contributed by atoms with van der Waals surface area (Å²) in [5, 5.41) is 16.6. The summed E-state index contributed by atoms with van der Waals surface area (Å²) in [6.07, 6.45) is -2.71. The smallest absolute Gasteiger partial charge is 0.375 e. The topological polar surface area (TPSA) is 110 Å². The van der Waals surface area contributed by atoms with Crippen molar-refractivity contribution in [3.63, 3.8) is 0 Å². The molecule has 0 unspecified atom stereocenters. The second kappa shape index (κ2) is 9.19. The second-order valence-corrected chi connectivity index (χ2v) is 8.40. The highest BCUT2D eigenvalue weighted by Gasteiger charge is 2.34. The zero-order valence-electron chi connectivity index (χ0n) is 19.4. The summed E-state index contributed by atoms with van der Waals surface area (Å²) in [6, 6.07) is 16.9. The Balaban J connectivity index is 1.60. The van der Waals surface area contributed by atoms with Crippen molar-refractivity contribution in [2.45, 2.75) is 12.4 Å². The van der Waals surface area contributed by atoms with E-state index in [2.05, 4.69) is 15.4 Å². The van der Waals surface area contributed by atoms with Gasteiger partial charge < -0.3 is 16.2 Å². The number of halogens is 3. The number of aliphatic hydroxyl groups excluding tert-OH is 1. The molecule has 1 amide bonds. The van der Waals surface area contributed by atoms with Crippen LogP contribution in [-0.4, -0.2) is 30.2 Å². The minimum atomic E-state index is -4.63. The first-order chi connectivity index (χ1) is 17.6. The predicted octanol–water partition coefficient (Wildman–Crippen LogP) is 4.62. The Hall–Kier alpha value is -4.48. The molecule has 5 rings (SSSR count). The van der Waals surface area contributed by atoms with Gasteiger partial charge in [-0.3, -0.25) is 13.9 Å². The average molecular weight is 506 g/mol. The van der Waals surface area contributed by atoms with E-state index in [-0.39, 0.29) is 16.8 Å². The molecule has 8 nitrogen and oxygen atoms in total. The van der Waals surface area contributed by atoms with Gasteiger partial charge in [0.1, 0.15) is 23.4 Å². The van der Waals surface area contributed by atoms with Crippen LogP contribution >= 0.6 is 0 Å². The summed E-state index contributed by atoms with van der Waals surface area (Å²) in [6.45, 7) is 0. The Bertz CT molecular complexity index is 1610. The number of nitrogens with one attached hydrogen (secondary N) is 1. The number of pyridine rings is 1. The number of amides is 1. The van der Waals surface area contributed by atoms with Crippen molar-refractivity contribution < 1.29 is 23.1 Å². The lowest BCUT2D eigenvalue weighted by atomic mass is 10.0. The molecule has 188 valence electrons. The molecule has 0 aliphatic carbocycles. The molecule has 0 aliphatic heterocycles. The molecule has 11 heteroatoms. The fourth-order valence-corrected chi connectivity index (χ4v) is 4.04. The highest BCUT2D eigenvalue weighted by atomic mass is 19.4. The Kier molecular flexibility index (Phi) is 6.02. The number of aromatic nitrogens is 4. The van der Waals surface area contributed by atoms with E-state index in [9.17, 15) is 23.1 Å². The first-order valence-electron chi connectivity index (χ1n) is 11.2. The van der Waals surface area contributed by atoms with Crippen molar-refractivity contribution in [2.24, 2.45) is 12.8 Å². The summed E-state index contributed by atoms with van der Waals surface area (Å²) < 4.78 is 44.1. The lowest BCUT2D eigenvalue weighted by Crippen LogP contribution is -2.16. The van der Waals surface area contributed by atoms with Crippen LogP contribution in [0.15, 0.2) is 79.1 Å². The van der Waals surface area contributed by atoms with Crippen LogP contribution in [-0.2, 0) is 13.2 Å². The van der Waals surface area contributed by atoms with Gasteiger partial charge >= 0.3 is 6.18 Å². The number of hydrogen-bond donors (Lipinski definition) is 3. The second-order valence-electron chi connectivity index (χ2n) is 8.40. The zero-order chi connectivity index (χ0) is 26.3. The Morgan fingerprint density at radius 1 is 1.05 bits per heavy atom. The largest absolute Gasteiger partial charge is 0.417 e. The standard InChI is InChI=1S/C26H21F3N6O2/c1-34-11-10-20(33-34)18-13-17(7-8-19(18)26(27,28)29)25(37)32-24-22(15-5-3-2-4-6-15)31-21-14-16(23(30)36)9-12-35(21)24/h2-14,23,36H,30H2,1H3,(H,32,37)/t23-/m0/s1. The number of alkyl halides is 3. The van der Waals surface area contributed by atoms with Crippen LogP contribution in [0.4, 0.5) is 19.0 Å². The molecule has 0 saturated heterocycles. The van der Waals surface area contributed by atoms with Crippen LogP contribution in [0.2, 0.25) is 0 Å². The van der Waals surface area contributed by atoms with Crippen LogP contribution in [0.1, 0.15) is 27.7 Å². The monoisotopic (exact) mass is 506 g/mol. The number of aryl methyl sites for hydroxylation is 1. The van der Waals surface area contributed by atoms with Gasteiger partial charge in [-0.05, 0) is 36.4 Å². The van der Waals surface area contributed by atoms with E-state index in [1.165, 1.54) is 23.0 Å². The highest BCUT2D eigenvalue weighted by Crippen LogP contribution is 2.37. The zero-order valence-corrected chi connectivity index (χ0v) is 19.4. The maximum Gasteiger partial charge on any atom is 0.417 e. The SMILES string of the molecule is Cn1ccc(-c2cc(C(=O)Nc3c(-c4ccccc4)nc4cc([C@@H](N)O)ccn34)ccc2C(F)(F)F)n1. The van der Waals surface area contributed by atoms with Gasteiger partial charge in [0.05, 0.1) is 11.3 Å². The third-order valence-corrected chi connectivity index (χ3v) is 5.85. The van der Waals surface area contributed by atoms with Crippen molar-refractivity contribution in [1.29, 1.82) is 0 Å². The maximum atomic E-state index is 13.7. The number of carbonyl (C=O) groups is 1. The number of hydrogen-bond acceptors (Lipinski definition) is 5. The molecule has 5 aromatic rings. The fraction of sp³-hybridized carbons (Fsp3) is 0.115. The number of nitrogens with zero attached hydrogens (tertiary/aromatic N) is 4. The lowest BCUT2D eigenvalue weighted by Gasteiger charge is -2.14. The Labute approximate surface area is 208 Å². The van der Waals surface area contributed by atoms with Crippen LogP contribution in [0, 0.1) is 0 Å². The number of fused-ring (bicyclic) bond motifs is 1. The van der Waals surface area contributed by atoms with E-state index in [0.29, 0.717) is 28.3 Å². The van der Waals surface area contributed by atoms with Gasteiger partial charge in [-0.1, -0.05) is 30.3 Å². The average Bonchev–Trinajstić information content (AvgIpc) is 3.47. The van der Waals surface area contributed by atoms with E-state index < -0.39 is 23.9 Å². The van der Waals surface area contributed by atoms with Crippen molar-refractivity contribution >= 4 is 17.4 Å². The number of benzene rings is 2. The first kappa shape index (κ1) is 24.2. The number of imidazole rings is 1. The molecular formula is C26H21F3N6O2. The fourth-order valence-electron chi connectivity index (χ4n) is 4.04. The molecule has 1 atom stereocenters. The summed E-state index contributed by atoms with van der Waals surface area (Å²) in [7, 11) is 1.60. The number of anilines is 1. The molecule has 0 aliphatic rings. The molecule has 0 bridgehead atoms. The van der Waals surface area contributed by atoms with Crippen molar-refractivity contribution in [3.8, 4) is 22.5 Å². The van der Waals surface area contributed by atoms with E-state index in [0.717, 1.165) is 12.1 Å². The summed E-state index contributed by atoms with van der Waals surface area (Å²) >= 11 is 0. The maximum absolute atomic E-state index is 13.7. The Morgan fingerprint density at radius 3 is 2.46 bits per heavy atom. The Morgan fingerprint density at radius 2 is 1.81 bits per heavy atom. The molecule has 4 N–H and O–H groups in total. The molecule has 0 radical (unpaired) electrons. The number of carbonyl (C=O) groups excluding carboxylic acids is 1. The minimum absolute atomic E-state index is 0.0108. The molecule has 3 heterocycles. The number of aliphatic hydroxyl groups is 1. The molecular weight excluding hydrogens is 485 g/mol. The van der Waals surface area contributed by atoms with Crippen LogP contribution in [0.3, 0.4) is 0 Å². The van der Waals surface area contributed by atoms with Gasteiger partial charge in [0.15, 0.2) is 0 Å². The molecule has 0 saturated carbocycles. The molecule has 37 heavy (non-hydrogen) atoms. The molecule has 2 aromatic carbocycles. The molecule has 0 fully saturated rings.